The molecule has 31 heavy (non-hydrogen) atoms. The van der Waals surface area contributed by atoms with Gasteiger partial charge in [0.1, 0.15) is 5.82 Å². The monoisotopic (exact) mass is 442 g/mol. The van der Waals surface area contributed by atoms with E-state index in [2.05, 4.69) is 4.98 Å². The molecule has 0 spiro atoms. The van der Waals surface area contributed by atoms with Crippen LogP contribution in [0.5, 0.6) is 0 Å². The predicted octanol–water partition coefficient (Wildman–Crippen LogP) is 5.57. The molecule has 3 nitrogen and oxygen atoms in total. The molecule has 10 heteroatoms. The maximum atomic E-state index is 14.5. The summed E-state index contributed by atoms with van der Waals surface area (Å²) in [7, 11) is 0. The van der Waals surface area contributed by atoms with Crippen molar-refractivity contribution < 1.29 is 35.5 Å². The van der Waals surface area contributed by atoms with E-state index in [1.165, 1.54) is 6.07 Å². The van der Waals surface area contributed by atoms with Crippen LogP contribution in [0.4, 0.5) is 30.7 Å². The topological polar surface area (TPSA) is 42.0 Å². The lowest BCUT2D eigenvalue weighted by atomic mass is 10.0. The maximum absolute atomic E-state index is 14.5. The summed E-state index contributed by atoms with van der Waals surface area (Å²) in [6.07, 6.45) is -3.76. The van der Waals surface area contributed by atoms with Gasteiger partial charge >= 0.3 is 6.18 Å². The molecular weight excluding hydrogens is 429 g/mol. The predicted molar refractivity (Wildman–Crippen MR) is 97.3 cm³/mol. The first kappa shape index (κ1) is 22.3. The van der Waals surface area contributed by atoms with Crippen molar-refractivity contribution in [2.75, 3.05) is 6.54 Å². The van der Waals surface area contributed by atoms with Crippen LogP contribution in [0.3, 0.4) is 0 Å². The summed E-state index contributed by atoms with van der Waals surface area (Å²) in [4.78, 5) is 15.5. The van der Waals surface area contributed by atoms with Gasteiger partial charge in [-0.3, -0.25) is 4.79 Å². The molecule has 0 aliphatic heterocycles. The van der Waals surface area contributed by atoms with Crippen LogP contribution in [-0.2, 0) is 12.1 Å². The van der Waals surface area contributed by atoms with Gasteiger partial charge in [-0.05, 0) is 42.0 Å². The number of halogens is 7. The van der Waals surface area contributed by atoms with Crippen molar-refractivity contribution in [3.63, 3.8) is 0 Å². The molecular formula is C21H13F7N2O. The van der Waals surface area contributed by atoms with Gasteiger partial charge in [0.05, 0.1) is 23.2 Å². The van der Waals surface area contributed by atoms with Gasteiger partial charge in [0, 0.05) is 11.8 Å². The molecule has 0 radical (unpaired) electrons. The van der Waals surface area contributed by atoms with Gasteiger partial charge in [-0.25, -0.2) is 9.37 Å². The molecule has 0 bridgehead atoms. The Kier molecular flexibility index (Phi) is 6.01. The van der Waals surface area contributed by atoms with E-state index in [1.54, 1.807) is 5.32 Å². The molecule has 0 saturated carbocycles. The lowest BCUT2D eigenvalue weighted by Gasteiger charge is -2.19. The average Bonchev–Trinajstić information content (AvgIpc) is 2.71. The summed E-state index contributed by atoms with van der Waals surface area (Å²) < 4.78 is 95.2. The third-order valence-electron chi connectivity index (χ3n) is 4.37. The second kappa shape index (κ2) is 8.37. The molecule has 0 saturated heterocycles. The van der Waals surface area contributed by atoms with Crippen molar-refractivity contribution in [2.24, 2.45) is 0 Å². The van der Waals surface area contributed by atoms with Crippen molar-refractivity contribution in [2.45, 2.75) is 12.1 Å². The molecule has 0 atom stereocenters. The van der Waals surface area contributed by atoms with Crippen molar-refractivity contribution in [3.8, 4) is 11.1 Å². The number of rotatable bonds is 5. The molecule has 0 unspecified atom stereocenters. The normalized spacial score (nSPS) is 12.0. The first-order chi connectivity index (χ1) is 14.5. The van der Waals surface area contributed by atoms with Crippen molar-refractivity contribution >= 4 is 5.91 Å². The zero-order valence-electron chi connectivity index (χ0n) is 15.5. The van der Waals surface area contributed by atoms with E-state index in [4.69, 9.17) is 0 Å². The summed E-state index contributed by atoms with van der Waals surface area (Å²) in [6, 6.07) is 8.74. The third-order valence-corrected chi connectivity index (χ3v) is 4.37. The van der Waals surface area contributed by atoms with Crippen molar-refractivity contribution in [1.82, 2.24) is 10.3 Å². The second-order valence-electron chi connectivity index (χ2n) is 6.49. The van der Waals surface area contributed by atoms with E-state index in [9.17, 15) is 35.5 Å². The minimum Gasteiger partial charge on any atom is -0.346 e. The minimum absolute atomic E-state index is 0.160. The standard InChI is InChI=1S/C21H13F7N2O/c22-17-9-12(13-6-8-18(23)29-10-13)5-7-16(17)20(24,25)11-30-19(31)14-3-1-2-4-15(14)21(26,27)28/h1-10H,11H2,(H,30,31). The fraction of sp³-hybridized carbons (Fsp3) is 0.143. The van der Waals surface area contributed by atoms with Gasteiger partial charge in [0.2, 0.25) is 5.95 Å². The molecule has 0 fully saturated rings. The zero-order valence-corrected chi connectivity index (χ0v) is 15.5. The van der Waals surface area contributed by atoms with Crippen LogP contribution < -0.4 is 5.32 Å². The molecule has 3 rings (SSSR count). The van der Waals surface area contributed by atoms with Crippen molar-refractivity contribution in [1.29, 1.82) is 0 Å². The number of carbonyl (C=O) groups excluding carboxylic acids is 1. The Balaban J connectivity index is 1.78. The number of hydrogen-bond donors (Lipinski definition) is 1. The summed E-state index contributed by atoms with van der Waals surface area (Å²) in [5, 5.41) is 1.72. The zero-order chi connectivity index (χ0) is 22.8. The Labute approximate surface area is 171 Å². The fourth-order valence-corrected chi connectivity index (χ4v) is 2.85. The lowest BCUT2D eigenvalue weighted by molar-refractivity contribution is -0.137. The second-order valence-corrected chi connectivity index (χ2v) is 6.49. The molecule has 2 aromatic carbocycles. The Bertz CT molecular complexity index is 1100. The molecule has 3 aromatic rings. The van der Waals surface area contributed by atoms with Gasteiger partial charge in [0.15, 0.2) is 0 Å². The van der Waals surface area contributed by atoms with Crippen LogP contribution in [0.2, 0.25) is 0 Å². The van der Waals surface area contributed by atoms with Crippen LogP contribution in [0.25, 0.3) is 11.1 Å². The van der Waals surface area contributed by atoms with E-state index in [1.807, 2.05) is 0 Å². The first-order valence-corrected chi connectivity index (χ1v) is 8.73. The molecule has 0 aliphatic rings. The average molecular weight is 442 g/mol. The van der Waals surface area contributed by atoms with E-state index >= 15 is 0 Å². The summed E-state index contributed by atoms with van der Waals surface area (Å²) in [6.45, 7) is -1.42. The number of aromatic nitrogens is 1. The number of nitrogens with zero attached hydrogens (tertiary/aromatic N) is 1. The van der Waals surface area contributed by atoms with Crippen molar-refractivity contribution in [3.05, 3.63) is 89.2 Å². The van der Waals surface area contributed by atoms with E-state index in [0.717, 1.165) is 48.7 Å². The highest BCUT2D eigenvalue weighted by Crippen LogP contribution is 2.34. The molecule has 1 N–H and O–H groups in total. The SMILES string of the molecule is O=C(NCC(F)(F)c1ccc(-c2ccc(F)nc2)cc1F)c1ccccc1C(F)(F)F. The number of carbonyl (C=O) groups is 1. The summed E-state index contributed by atoms with van der Waals surface area (Å²) in [5.41, 5.74) is -2.72. The summed E-state index contributed by atoms with van der Waals surface area (Å²) >= 11 is 0. The van der Waals surface area contributed by atoms with Crippen LogP contribution in [0, 0.1) is 11.8 Å². The van der Waals surface area contributed by atoms with E-state index in [-0.39, 0.29) is 11.1 Å². The number of alkyl halides is 5. The highest BCUT2D eigenvalue weighted by molar-refractivity contribution is 5.95. The smallest absolute Gasteiger partial charge is 0.346 e. The van der Waals surface area contributed by atoms with Gasteiger partial charge in [0.25, 0.3) is 11.8 Å². The highest BCUT2D eigenvalue weighted by Gasteiger charge is 2.38. The maximum Gasteiger partial charge on any atom is 0.417 e. The third kappa shape index (κ3) is 5.01. The Morgan fingerprint density at radius 1 is 0.871 bits per heavy atom. The largest absolute Gasteiger partial charge is 0.417 e. The number of hydrogen-bond acceptors (Lipinski definition) is 2. The van der Waals surface area contributed by atoms with Crippen LogP contribution in [0.15, 0.2) is 60.8 Å². The van der Waals surface area contributed by atoms with Gasteiger partial charge < -0.3 is 5.32 Å². The van der Waals surface area contributed by atoms with Gasteiger partial charge in [-0.15, -0.1) is 0 Å². The highest BCUT2D eigenvalue weighted by atomic mass is 19.4. The van der Waals surface area contributed by atoms with Gasteiger partial charge in [-0.1, -0.05) is 18.2 Å². The van der Waals surface area contributed by atoms with E-state index < -0.39 is 53.0 Å². The number of benzene rings is 2. The molecule has 1 aromatic heterocycles. The van der Waals surface area contributed by atoms with Crippen LogP contribution in [-0.4, -0.2) is 17.4 Å². The molecule has 162 valence electrons. The molecule has 1 heterocycles. The fourth-order valence-electron chi connectivity index (χ4n) is 2.85. The van der Waals surface area contributed by atoms with E-state index in [0.29, 0.717) is 6.07 Å². The van der Waals surface area contributed by atoms with Gasteiger partial charge in [-0.2, -0.15) is 26.3 Å². The van der Waals surface area contributed by atoms with Crippen LogP contribution in [0.1, 0.15) is 21.5 Å². The lowest BCUT2D eigenvalue weighted by Crippen LogP contribution is -2.36. The Morgan fingerprint density at radius 2 is 1.55 bits per heavy atom. The Morgan fingerprint density at radius 3 is 2.16 bits per heavy atom. The first-order valence-electron chi connectivity index (χ1n) is 8.73. The number of amides is 1. The number of pyridine rings is 1. The molecule has 0 aliphatic carbocycles. The quantitative estimate of drug-likeness (QED) is 0.415. The number of nitrogens with one attached hydrogen (secondary N) is 1. The van der Waals surface area contributed by atoms with Crippen LogP contribution >= 0.6 is 0 Å². The minimum atomic E-state index is -4.85. The summed E-state index contributed by atoms with van der Waals surface area (Å²) in [5.74, 6) is -7.36. The Hall–Kier alpha value is -3.43. The molecule has 1 amide bonds.